The number of carbonyl (C=O) groups is 1. The van der Waals surface area contributed by atoms with E-state index in [9.17, 15) is 9.90 Å². The molecule has 0 radical (unpaired) electrons. The zero-order valence-electron chi connectivity index (χ0n) is 11.1. The highest BCUT2D eigenvalue weighted by Gasteiger charge is 2.17. The summed E-state index contributed by atoms with van der Waals surface area (Å²) in [5, 5.41) is 14.0. The minimum Gasteiger partial charge on any atom is -0.394 e. The maximum Gasteiger partial charge on any atom is 0.262 e. The van der Waals surface area contributed by atoms with Gasteiger partial charge in [0.25, 0.3) is 5.91 Å². The summed E-state index contributed by atoms with van der Waals surface area (Å²) in [6, 6.07) is 1.70. The topological polar surface area (TPSA) is 58.6 Å². The summed E-state index contributed by atoms with van der Waals surface area (Å²) in [5.74, 6) is 0.306. The zero-order valence-corrected chi connectivity index (χ0v) is 11.9. The molecule has 102 valence electrons. The molecule has 1 aromatic rings. The lowest BCUT2D eigenvalue weighted by atomic mass is 10.0. The summed E-state index contributed by atoms with van der Waals surface area (Å²) in [6.07, 6.45) is 0.771. The molecule has 0 aromatic carbocycles. The number of ether oxygens (including phenoxy) is 1. The molecule has 0 fully saturated rings. The van der Waals surface area contributed by atoms with Crippen molar-refractivity contribution in [2.75, 3.05) is 13.7 Å². The third-order valence-electron chi connectivity index (χ3n) is 2.56. The molecule has 0 aliphatic heterocycles. The van der Waals surface area contributed by atoms with Gasteiger partial charge in [0, 0.05) is 12.7 Å². The lowest BCUT2D eigenvalue weighted by molar-refractivity contribution is 0.0908. The summed E-state index contributed by atoms with van der Waals surface area (Å²) >= 11 is 1.40. The van der Waals surface area contributed by atoms with Crippen LogP contribution in [-0.4, -0.2) is 30.8 Å². The van der Waals surface area contributed by atoms with E-state index in [1.54, 1.807) is 7.11 Å². The van der Waals surface area contributed by atoms with Gasteiger partial charge in [-0.15, -0.1) is 11.3 Å². The number of hydrogen-bond acceptors (Lipinski definition) is 4. The third kappa shape index (κ3) is 4.40. The molecular weight excluding hydrogens is 250 g/mol. The molecule has 0 bridgehead atoms. The van der Waals surface area contributed by atoms with E-state index in [0.29, 0.717) is 17.4 Å². The van der Waals surface area contributed by atoms with E-state index in [0.717, 1.165) is 12.0 Å². The van der Waals surface area contributed by atoms with Gasteiger partial charge in [-0.05, 0) is 23.8 Å². The minimum atomic E-state index is -0.185. The van der Waals surface area contributed by atoms with Crippen molar-refractivity contribution in [3.63, 3.8) is 0 Å². The van der Waals surface area contributed by atoms with Gasteiger partial charge in [0.2, 0.25) is 0 Å². The van der Waals surface area contributed by atoms with Crippen LogP contribution in [0.2, 0.25) is 0 Å². The number of aliphatic hydroxyl groups excluding tert-OH is 1. The van der Waals surface area contributed by atoms with Gasteiger partial charge >= 0.3 is 0 Å². The fraction of sp³-hybridized carbons (Fsp3) is 0.615. The van der Waals surface area contributed by atoms with Crippen LogP contribution in [0.3, 0.4) is 0 Å². The number of nitrogens with one attached hydrogen (secondary N) is 1. The molecule has 1 atom stereocenters. The van der Waals surface area contributed by atoms with Crippen molar-refractivity contribution < 1.29 is 14.6 Å². The van der Waals surface area contributed by atoms with Crippen LogP contribution in [0, 0.1) is 5.92 Å². The highest BCUT2D eigenvalue weighted by atomic mass is 32.1. The largest absolute Gasteiger partial charge is 0.394 e. The van der Waals surface area contributed by atoms with Crippen LogP contribution in [0.15, 0.2) is 11.4 Å². The van der Waals surface area contributed by atoms with Crippen LogP contribution in [0.25, 0.3) is 0 Å². The Morgan fingerprint density at radius 3 is 2.83 bits per heavy atom. The van der Waals surface area contributed by atoms with Crippen LogP contribution in [-0.2, 0) is 11.3 Å². The Morgan fingerprint density at radius 1 is 1.56 bits per heavy atom. The van der Waals surface area contributed by atoms with Gasteiger partial charge in [-0.25, -0.2) is 0 Å². The maximum absolute atomic E-state index is 12.1. The first-order valence-electron chi connectivity index (χ1n) is 6.05. The van der Waals surface area contributed by atoms with Gasteiger partial charge in [-0.2, -0.15) is 0 Å². The number of methoxy groups -OCH3 is 1. The van der Waals surface area contributed by atoms with E-state index in [-0.39, 0.29) is 18.6 Å². The predicted octanol–water partition coefficient (Wildman–Crippen LogP) is 2.03. The zero-order chi connectivity index (χ0) is 13.5. The Bertz CT molecular complexity index is 376. The first-order valence-corrected chi connectivity index (χ1v) is 6.93. The summed E-state index contributed by atoms with van der Waals surface area (Å²) in [6.45, 7) is 4.53. The van der Waals surface area contributed by atoms with Gasteiger partial charge in [0.15, 0.2) is 0 Å². The first-order chi connectivity index (χ1) is 8.58. The number of amides is 1. The maximum atomic E-state index is 12.1. The molecule has 1 unspecified atom stereocenters. The van der Waals surface area contributed by atoms with Crippen LogP contribution < -0.4 is 5.32 Å². The van der Waals surface area contributed by atoms with Gasteiger partial charge in [-0.3, -0.25) is 4.79 Å². The van der Waals surface area contributed by atoms with Crippen molar-refractivity contribution in [3.8, 4) is 0 Å². The Morgan fingerprint density at radius 2 is 2.28 bits per heavy atom. The second kappa shape index (κ2) is 7.51. The van der Waals surface area contributed by atoms with Crippen molar-refractivity contribution in [1.82, 2.24) is 5.32 Å². The molecule has 0 saturated carbocycles. The number of carbonyl (C=O) groups excluding carboxylic acids is 1. The highest BCUT2D eigenvalue weighted by Crippen LogP contribution is 2.18. The standard InChI is InChI=1S/C13H21NO3S/c1-9(2)6-11(7-15)14-13(16)12-10(8-17-3)4-5-18-12/h4-5,9,11,15H,6-8H2,1-3H3,(H,14,16). The van der Waals surface area contributed by atoms with Crippen molar-refractivity contribution in [3.05, 3.63) is 21.9 Å². The molecule has 2 N–H and O–H groups in total. The Hall–Kier alpha value is -0.910. The average Bonchev–Trinajstić information content (AvgIpc) is 2.76. The quantitative estimate of drug-likeness (QED) is 0.798. The van der Waals surface area contributed by atoms with Gasteiger partial charge in [-0.1, -0.05) is 13.8 Å². The van der Waals surface area contributed by atoms with Crippen LogP contribution in [0.5, 0.6) is 0 Å². The molecule has 0 aliphatic rings. The molecular formula is C13H21NO3S. The van der Waals surface area contributed by atoms with Crippen molar-refractivity contribution in [1.29, 1.82) is 0 Å². The number of thiophene rings is 1. The van der Waals surface area contributed by atoms with Crippen molar-refractivity contribution in [2.45, 2.75) is 32.9 Å². The van der Waals surface area contributed by atoms with E-state index < -0.39 is 0 Å². The molecule has 1 heterocycles. The predicted molar refractivity (Wildman–Crippen MR) is 72.8 cm³/mol. The fourth-order valence-electron chi connectivity index (χ4n) is 1.80. The number of hydrogen-bond donors (Lipinski definition) is 2. The minimum absolute atomic E-state index is 0.0328. The van der Waals surface area contributed by atoms with E-state index in [2.05, 4.69) is 19.2 Å². The van der Waals surface area contributed by atoms with E-state index in [1.807, 2.05) is 11.4 Å². The van der Waals surface area contributed by atoms with E-state index >= 15 is 0 Å². The van der Waals surface area contributed by atoms with Gasteiger partial charge in [0.1, 0.15) is 0 Å². The first kappa shape index (κ1) is 15.1. The second-order valence-corrected chi connectivity index (χ2v) is 5.61. The average molecular weight is 271 g/mol. The molecule has 1 rings (SSSR count). The molecule has 0 saturated heterocycles. The second-order valence-electron chi connectivity index (χ2n) is 4.69. The molecule has 1 aromatic heterocycles. The molecule has 5 heteroatoms. The van der Waals surface area contributed by atoms with Crippen LogP contribution in [0.4, 0.5) is 0 Å². The number of rotatable bonds is 7. The monoisotopic (exact) mass is 271 g/mol. The molecule has 18 heavy (non-hydrogen) atoms. The number of aliphatic hydroxyl groups is 1. The molecule has 1 amide bonds. The third-order valence-corrected chi connectivity index (χ3v) is 3.52. The lowest BCUT2D eigenvalue weighted by Crippen LogP contribution is -2.38. The molecule has 0 aliphatic carbocycles. The normalized spacial score (nSPS) is 12.7. The van der Waals surface area contributed by atoms with Gasteiger partial charge in [0.05, 0.1) is 24.1 Å². The van der Waals surface area contributed by atoms with Crippen molar-refractivity contribution >= 4 is 17.2 Å². The van der Waals surface area contributed by atoms with Crippen molar-refractivity contribution in [2.24, 2.45) is 5.92 Å². The fourth-order valence-corrected chi connectivity index (χ4v) is 2.62. The van der Waals surface area contributed by atoms with E-state index in [1.165, 1.54) is 11.3 Å². The summed E-state index contributed by atoms with van der Waals surface area (Å²) < 4.78 is 5.05. The summed E-state index contributed by atoms with van der Waals surface area (Å²) in [7, 11) is 1.61. The Balaban J connectivity index is 2.65. The summed E-state index contributed by atoms with van der Waals surface area (Å²) in [4.78, 5) is 12.8. The summed E-state index contributed by atoms with van der Waals surface area (Å²) in [5.41, 5.74) is 0.890. The van der Waals surface area contributed by atoms with Gasteiger partial charge < -0.3 is 15.2 Å². The SMILES string of the molecule is COCc1ccsc1C(=O)NC(CO)CC(C)C. The molecule has 0 spiro atoms. The lowest BCUT2D eigenvalue weighted by Gasteiger charge is -2.18. The highest BCUT2D eigenvalue weighted by molar-refractivity contribution is 7.12. The van der Waals surface area contributed by atoms with Crippen LogP contribution in [0.1, 0.15) is 35.5 Å². The smallest absolute Gasteiger partial charge is 0.262 e. The van der Waals surface area contributed by atoms with E-state index in [4.69, 9.17) is 4.74 Å². The Kier molecular flexibility index (Phi) is 6.32. The molecule has 4 nitrogen and oxygen atoms in total. The Labute approximate surface area is 112 Å². The van der Waals surface area contributed by atoms with Crippen LogP contribution >= 0.6 is 11.3 Å².